The summed E-state index contributed by atoms with van der Waals surface area (Å²) in [6.07, 6.45) is 0. The van der Waals surface area contributed by atoms with Gasteiger partial charge in [0, 0.05) is 10.7 Å². The van der Waals surface area contributed by atoms with Crippen molar-refractivity contribution in [2.45, 2.75) is 26.8 Å². The maximum absolute atomic E-state index is 6.37. The maximum atomic E-state index is 6.37. The Labute approximate surface area is 101 Å². The lowest BCUT2D eigenvalue weighted by Crippen LogP contribution is -2.23. The zero-order valence-corrected chi connectivity index (χ0v) is 10.9. The lowest BCUT2D eigenvalue weighted by atomic mass is 9.86. The average molecular weight is 233 g/mol. The van der Waals surface area contributed by atoms with Gasteiger partial charge in [0.1, 0.15) is 0 Å². The Morgan fingerprint density at radius 1 is 1.12 bits per heavy atom. The largest absolute Gasteiger partial charge is 0.324 e. The smallest absolute Gasteiger partial charge is 0.0390 e. The first-order valence-corrected chi connectivity index (χ1v) is 6.71. The second kappa shape index (κ2) is 4.56. The van der Waals surface area contributed by atoms with E-state index >= 15 is 0 Å². The summed E-state index contributed by atoms with van der Waals surface area (Å²) >= 11 is 1.79. The molecule has 1 aromatic heterocycles. The van der Waals surface area contributed by atoms with Crippen LogP contribution in [0.1, 0.15) is 32.4 Å². The minimum absolute atomic E-state index is 0.141. The Kier molecular flexibility index (Phi) is 3.31. The van der Waals surface area contributed by atoms with Crippen molar-refractivity contribution in [2.24, 2.45) is 17.6 Å². The van der Waals surface area contributed by atoms with E-state index in [9.17, 15) is 0 Å². The zero-order chi connectivity index (χ0) is 11.7. The molecule has 1 heterocycles. The standard InChI is InChI=1S/C14H19NS/c1-9(2)10(3)13(15)12-6-4-5-11-7-8-16-14(11)12/h4-10,13H,15H2,1-3H3. The monoisotopic (exact) mass is 233 g/mol. The summed E-state index contributed by atoms with van der Waals surface area (Å²) < 4.78 is 1.35. The predicted octanol–water partition coefficient (Wildman–Crippen LogP) is 4.19. The molecule has 2 heteroatoms. The van der Waals surface area contributed by atoms with E-state index in [2.05, 4.69) is 50.4 Å². The molecule has 2 atom stereocenters. The van der Waals surface area contributed by atoms with E-state index < -0.39 is 0 Å². The highest BCUT2D eigenvalue weighted by atomic mass is 32.1. The van der Waals surface area contributed by atoms with Gasteiger partial charge in [0.05, 0.1) is 0 Å². The molecule has 0 aliphatic heterocycles. The summed E-state index contributed by atoms with van der Waals surface area (Å²) in [5.74, 6) is 1.12. The molecule has 2 unspecified atom stereocenters. The lowest BCUT2D eigenvalue weighted by Gasteiger charge is -2.24. The summed E-state index contributed by atoms with van der Waals surface area (Å²) in [6, 6.07) is 8.74. The molecule has 1 nitrogen and oxygen atoms in total. The van der Waals surface area contributed by atoms with E-state index in [4.69, 9.17) is 5.73 Å². The van der Waals surface area contributed by atoms with Crippen LogP contribution in [0.3, 0.4) is 0 Å². The molecule has 1 aromatic carbocycles. The van der Waals surface area contributed by atoms with Gasteiger partial charge in [0.15, 0.2) is 0 Å². The van der Waals surface area contributed by atoms with Crippen molar-refractivity contribution in [3.8, 4) is 0 Å². The van der Waals surface area contributed by atoms with Crippen LogP contribution in [0.25, 0.3) is 10.1 Å². The molecule has 2 aromatic rings. The fraction of sp³-hybridized carbons (Fsp3) is 0.429. The van der Waals surface area contributed by atoms with Gasteiger partial charge in [0.2, 0.25) is 0 Å². The third-order valence-corrected chi connectivity index (χ3v) is 4.47. The number of fused-ring (bicyclic) bond motifs is 1. The first-order chi connectivity index (χ1) is 7.61. The van der Waals surface area contributed by atoms with Crippen LogP contribution in [0, 0.1) is 11.8 Å². The highest BCUT2D eigenvalue weighted by Gasteiger charge is 2.19. The van der Waals surface area contributed by atoms with E-state index in [1.165, 1.54) is 15.6 Å². The Balaban J connectivity index is 2.42. The number of thiophene rings is 1. The fourth-order valence-electron chi connectivity index (χ4n) is 1.98. The molecule has 0 aliphatic rings. The molecular weight excluding hydrogens is 214 g/mol. The molecule has 0 radical (unpaired) electrons. The summed E-state index contributed by atoms with van der Waals surface area (Å²) in [6.45, 7) is 6.71. The summed E-state index contributed by atoms with van der Waals surface area (Å²) in [4.78, 5) is 0. The second-order valence-electron chi connectivity index (χ2n) is 4.82. The minimum Gasteiger partial charge on any atom is -0.324 e. The van der Waals surface area contributed by atoms with Gasteiger partial charge in [-0.2, -0.15) is 0 Å². The van der Waals surface area contributed by atoms with Crippen molar-refractivity contribution in [3.05, 3.63) is 35.2 Å². The molecular formula is C14H19NS. The van der Waals surface area contributed by atoms with Gasteiger partial charge in [-0.25, -0.2) is 0 Å². The summed E-state index contributed by atoms with van der Waals surface area (Å²) in [7, 11) is 0. The number of benzene rings is 1. The van der Waals surface area contributed by atoms with Gasteiger partial charge in [0.25, 0.3) is 0 Å². The highest BCUT2D eigenvalue weighted by Crippen LogP contribution is 2.33. The van der Waals surface area contributed by atoms with Crippen LogP contribution in [0.4, 0.5) is 0 Å². The number of hydrogen-bond donors (Lipinski definition) is 1. The van der Waals surface area contributed by atoms with Crippen LogP contribution >= 0.6 is 11.3 Å². The molecule has 0 spiro atoms. The first-order valence-electron chi connectivity index (χ1n) is 5.83. The highest BCUT2D eigenvalue weighted by molar-refractivity contribution is 7.17. The second-order valence-corrected chi connectivity index (χ2v) is 5.73. The predicted molar refractivity (Wildman–Crippen MR) is 72.8 cm³/mol. The van der Waals surface area contributed by atoms with E-state index in [0.717, 1.165) is 0 Å². The summed E-state index contributed by atoms with van der Waals surface area (Å²) in [5.41, 5.74) is 7.67. The molecule has 0 fully saturated rings. The quantitative estimate of drug-likeness (QED) is 0.845. The average Bonchev–Trinajstić information content (AvgIpc) is 2.74. The Bertz CT molecular complexity index is 472. The Morgan fingerprint density at radius 3 is 2.56 bits per heavy atom. The van der Waals surface area contributed by atoms with Crippen LogP contribution in [0.5, 0.6) is 0 Å². The SMILES string of the molecule is CC(C)C(C)C(N)c1cccc2ccsc12. The van der Waals surface area contributed by atoms with Gasteiger partial charge in [-0.1, -0.05) is 39.0 Å². The zero-order valence-electron chi connectivity index (χ0n) is 10.1. The van der Waals surface area contributed by atoms with E-state index in [0.29, 0.717) is 11.8 Å². The van der Waals surface area contributed by atoms with Crippen LogP contribution < -0.4 is 5.73 Å². The number of hydrogen-bond acceptors (Lipinski definition) is 2. The van der Waals surface area contributed by atoms with Crippen molar-refractivity contribution in [2.75, 3.05) is 0 Å². The van der Waals surface area contributed by atoms with Gasteiger partial charge in [-0.05, 0) is 34.2 Å². The third-order valence-electron chi connectivity index (χ3n) is 3.49. The Hall–Kier alpha value is -0.860. The first kappa shape index (κ1) is 11.6. The van der Waals surface area contributed by atoms with Crippen molar-refractivity contribution in [1.29, 1.82) is 0 Å². The fourth-order valence-corrected chi connectivity index (χ4v) is 2.94. The molecule has 0 bridgehead atoms. The minimum atomic E-state index is 0.141. The molecule has 0 saturated carbocycles. The molecule has 2 N–H and O–H groups in total. The van der Waals surface area contributed by atoms with Crippen molar-refractivity contribution >= 4 is 21.4 Å². The number of nitrogens with two attached hydrogens (primary N) is 1. The van der Waals surface area contributed by atoms with E-state index in [1.54, 1.807) is 11.3 Å². The molecule has 0 aliphatic carbocycles. The molecule has 0 saturated heterocycles. The van der Waals surface area contributed by atoms with Gasteiger partial charge >= 0.3 is 0 Å². The van der Waals surface area contributed by atoms with Gasteiger partial charge < -0.3 is 5.73 Å². The van der Waals surface area contributed by atoms with Crippen LogP contribution in [-0.4, -0.2) is 0 Å². The maximum Gasteiger partial charge on any atom is 0.0390 e. The van der Waals surface area contributed by atoms with Crippen LogP contribution in [0.15, 0.2) is 29.6 Å². The number of rotatable bonds is 3. The van der Waals surface area contributed by atoms with Crippen molar-refractivity contribution < 1.29 is 0 Å². The molecule has 0 amide bonds. The lowest BCUT2D eigenvalue weighted by molar-refractivity contribution is 0.354. The normalized spacial score (nSPS) is 15.6. The topological polar surface area (TPSA) is 26.0 Å². The Morgan fingerprint density at radius 2 is 1.88 bits per heavy atom. The van der Waals surface area contributed by atoms with Gasteiger partial charge in [-0.15, -0.1) is 11.3 Å². The third kappa shape index (κ3) is 2.00. The van der Waals surface area contributed by atoms with Crippen molar-refractivity contribution in [1.82, 2.24) is 0 Å². The molecule has 86 valence electrons. The van der Waals surface area contributed by atoms with Crippen LogP contribution in [0.2, 0.25) is 0 Å². The van der Waals surface area contributed by atoms with E-state index in [1.807, 2.05) is 0 Å². The van der Waals surface area contributed by atoms with Gasteiger partial charge in [-0.3, -0.25) is 0 Å². The molecule has 2 rings (SSSR count). The summed E-state index contributed by atoms with van der Waals surface area (Å²) in [5, 5.41) is 3.45. The molecule has 16 heavy (non-hydrogen) atoms. The van der Waals surface area contributed by atoms with E-state index in [-0.39, 0.29) is 6.04 Å². The van der Waals surface area contributed by atoms with Crippen molar-refractivity contribution in [3.63, 3.8) is 0 Å². The van der Waals surface area contributed by atoms with Crippen LogP contribution in [-0.2, 0) is 0 Å².